The van der Waals surface area contributed by atoms with Crippen LogP contribution in [0.3, 0.4) is 0 Å². The number of nitrogens with zero attached hydrogens (tertiary/aromatic N) is 5. The third-order valence-electron chi connectivity index (χ3n) is 17.9. The van der Waals surface area contributed by atoms with Crippen LogP contribution in [0, 0.1) is 5.92 Å². The van der Waals surface area contributed by atoms with Gasteiger partial charge in [0.15, 0.2) is 0 Å². The monoisotopic (exact) mass is 1190 g/mol. The van der Waals surface area contributed by atoms with Gasteiger partial charge in [-0.1, -0.05) is 91.9 Å². The summed E-state index contributed by atoms with van der Waals surface area (Å²) in [7, 11) is 3.40. The summed E-state index contributed by atoms with van der Waals surface area (Å²) in [5, 5.41) is 33.1. The summed E-state index contributed by atoms with van der Waals surface area (Å²) in [6.07, 6.45) is 12.2. The summed E-state index contributed by atoms with van der Waals surface area (Å²) in [4.78, 5) is 111. The van der Waals surface area contributed by atoms with E-state index in [2.05, 4.69) is 52.8 Å². The molecule has 4 fully saturated rings. The van der Waals surface area contributed by atoms with E-state index in [1.165, 1.54) is 0 Å². The first-order valence-electron chi connectivity index (χ1n) is 31.1. The Morgan fingerprint density at radius 1 is 0.663 bits per heavy atom. The highest BCUT2D eigenvalue weighted by molar-refractivity contribution is 5.95. The van der Waals surface area contributed by atoms with Gasteiger partial charge in [-0.05, 0) is 102 Å². The lowest BCUT2D eigenvalue weighted by atomic mass is 9.83. The maximum Gasteiger partial charge on any atom is 0.253 e. The molecule has 4 heterocycles. The topological polar surface area (TPSA) is 298 Å². The highest BCUT2D eigenvalue weighted by atomic mass is 16.5. The Bertz CT molecular complexity index is 3020. The van der Waals surface area contributed by atoms with Crippen LogP contribution in [0.4, 0.5) is 11.4 Å². The molecule has 24 nitrogen and oxygen atoms in total. The van der Waals surface area contributed by atoms with Gasteiger partial charge < -0.3 is 66.5 Å². The van der Waals surface area contributed by atoms with Crippen molar-refractivity contribution in [2.24, 2.45) is 5.92 Å². The minimum Gasteiger partial charge on any atom is -0.378 e. The lowest BCUT2D eigenvalue weighted by Gasteiger charge is -2.36. The van der Waals surface area contributed by atoms with E-state index in [1.807, 2.05) is 54.6 Å². The standard InChI is InChI=1S/C62H87N13O11/c1-38(63-3)57(78)67-45-23-14-12-21-43-25-26-48(75(43)61(45)82)60(81)68-50(40-16-7-5-8-17-40)46-37-73(72-71-46)30-33-84-31-27-65-53-54(56(77)55(53)76)66-28-32-85-34-35-86-49-36-42-20-11-13-22-44(42)52(49)70-59(80)47-24-15-29-74(47)62(83)51(41-18-9-6-10-19-41)69-58(79)39(2)64-4/h5,7-8,11,13,16-17,20,22,37-39,41,43,45,47-52,63-66H,6,9-10,12,14-15,18-19,21,23-36H2,1-4H3,(H,67,78)(H,68,81)(H,69,79)(H,70,80)/t38-,39-,43-,45-,47-,48-,49+,50-,51-,52-/m0/s1. The van der Waals surface area contributed by atoms with Crippen LogP contribution < -0.4 is 53.4 Å². The lowest BCUT2D eigenvalue weighted by Crippen LogP contribution is -2.58. The molecule has 10 atom stereocenters. The second kappa shape index (κ2) is 30.5. The van der Waals surface area contributed by atoms with Crippen molar-refractivity contribution in [3.8, 4) is 0 Å². The zero-order chi connectivity index (χ0) is 60.7. The Labute approximate surface area is 502 Å². The van der Waals surface area contributed by atoms with Gasteiger partial charge in [-0.25, -0.2) is 4.68 Å². The molecule has 4 aromatic rings. The van der Waals surface area contributed by atoms with Crippen LogP contribution in [-0.2, 0) is 55.9 Å². The first-order chi connectivity index (χ1) is 41.8. The number of carbonyl (C=O) groups excluding carboxylic acids is 6. The van der Waals surface area contributed by atoms with E-state index >= 15 is 0 Å². The largest absolute Gasteiger partial charge is 0.378 e. The number of hydrogen-bond acceptors (Lipinski definition) is 17. The Balaban J connectivity index is 0.696. The zero-order valence-corrected chi connectivity index (χ0v) is 50.1. The average Bonchev–Trinajstić information content (AvgIpc) is 2.01. The van der Waals surface area contributed by atoms with Crippen molar-refractivity contribution in [3.05, 3.63) is 104 Å². The summed E-state index contributed by atoms with van der Waals surface area (Å²) in [6.45, 7) is 5.95. The van der Waals surface area contributed by atoms with Crippen molar-refractivity contribution in [2.75, 3.05) is 77.4 Å². The van der Waals surface area contributed by atoms with E-state index in [-0.39, 0.29) is 111 Å². The minimum atomic E-state index is -0.715. The normalized spacial score (nSPS) is 22.9. The van der Waals surface area contributed by atoms with E-state index in [9.17, 15) is 38.4 Å². The molecule has 3 aliphatic heterocycles. The number of hydrogen-bond donors (Lipinski definition) is 8. The van der Waals surface area contributed by atoms with Crippen molar-refractivity contribution in [1.29, 1.82) is 0 Å². The molecular weight excluding hydrogens is 1100 g/mol. The SMILES string of the molecule is CN[C@@H](C)C(=O)N[C@H]1CCCC[C@H]2CC[C@@H](C(=O)N[C@@H](c3ccccc3)c3cn(CCOCCNc4c(NCCOCCO[C@@H]5Cc6ccccc6[C@@H]5NC(=O)[C@@H]5CCCN5C(=O)[C@@H](NC(=O)[C@H](C)NC)C5CCCCC5)c(=O)c4=O)nn3)N2C1=O. The van der Waals surface area contributed by atoms with Crippen LogP contribution in [-0.4, -0.2) is 175 Å². The van der Waals surface area contributed by atoms with E-state index in [0.29, 0.717) is 57.3 Å². The first kappa shape index (κ1) is 63.4. The number of ether oxygens (including phenoxy) is 3. The summed E-state index contributed by atoms with van der Waals surface area (Å²) in [5.74, 6) is -1.46. The molecule has 466 valence electrons. The quantitative estimate of drug-likeness (QED) is 0.0285. The number of benzene rings is 2. The van der Waals surface area contributed by atoms with Crippen LogP contribution in [0.1, 0.15) is 132 Å². The van der Waals surface area contributed by atoms with Crippen LogP contribution >= 0.6 is 0 Å². The summed E-state index contributed by atoms with van der Waals surface area (Å²) < 4.78 is 19.7. The minimum absolute atomic E-state index is 0.0131. The molecule has 9 rings (SSSR count). The number of amides is 6. The molecule has 1 saturated carbocycles. The molecule has 24 heteroatoms. The number of carbonyl (C=O) groups is 6. The summed E-state index contributed by atoms with van der Waals surface area (Å²) >= 11 is 0. The molecule has 86 heavy (non-hydrogen) atoms. The second-order valence-electron chi connectivity index (χ2n) is 23.5. The number of anilines is 2. The van der Waals surface area contributed by atoms with Gasteiger partial charge in [-0.2, -0.15) is 0 Å². The van der Waals surface area contributed by atoms with Crippen LogP contribution in [0.5, 0.6) is 0 Å². The van der Waals surface area contributed by atoms with Gasteiger partial charge in [0.05, 0.1) is 76.0 Å². The van der Waals surface area contributed by atoms with Gasteiger partial charge in [-0.15, -0.1) is 5.10 Å². The third-order valence-corrected chi connectivity index (χ3v) is 17.9. The average molecular weight is 1190 g/mol. The van der Waals surface area contributed by atoms with Gasteiger partial charge in [0.1, 0.15) is 41.2 Å². The maximum absolute atomic E-state index is 14.3. The fourth-order valence-corrected chi connectivity index (χ4v) is 12.8. The maximum atomic E-state index is 14.3. The molecular formula is C62H87N13O11. The van der Waals surface area contributed by atoms with Crippen molar-refractivity contribution < 1.29 is 43.0 Å². The molecule has 8 N–H and O–H groups in total. The molecule has 3 saturated heterocycles. The van der Waals surface area contributed by atoms with E-state index in [1.54, 1.807) is 48.6 Å². The van der Waals surface area contributed by atoms with Gasteiger partial charge in [0.25, 0.3) is 10.9 Å². The van der Waals surface area contributed by atoms with E-state index in [4.69, 9.17) is 14.2 Å². The smallest absolute Gasteiger partial charge is 0.253 e. The lowest BCUT2D eigenvalue weighted by molar-refractivity contribution is -0.144. The van der Waals surface area contributed by atoms with Gasteiger partial charge in [-0.3, -0.25) is 38.4 Å². The van der Waals surface area contributed by atoms with Crippen LogP contribution in [0.15, 0.2) is 70.4 Å². The molecule has 0 unspecified atom stereocenters. The number of likely N-dealkylation sites (N-methyl/N-ethyl adjacent to an activating group) is 2. The molecule has 3 aromatic carbocycles. The number of aromatic nitrogens is 3. The molecule has 1 aromatic heterocycles. The van der Waals surface area contributed by atoms with Crippen molar-refractivity contribution >= 4 is 46.8 Å². The molecule has 0 bridgehead atoms. The molecule has 0 spiro atoms. The van der Waals surface area contributed by atoms with E-state index in [0.717, 1.165) is 68.1 Å². The van der Waals surface area contributed by atoms with Crippen LogP contribution in [0.25, 0.3) is 0 Å². The van der Waals surface area contributed by atoms with Crippen molar-refractivity contribution in [3.63, 3.8) is 0 Å². The summed E-state index contributed by atoms with van der Waals surface area (Å²) in [5.41, 5.74) is 2.44. The fourth-order valence-electron chi connectivity index (χ4n) is 12.8. The van der Waals surface area contributed by atoms with E-state index < -0.39 is 59.2 Å². The van der Waals surface area contributed by atoms with Gasteiger partial charge in [0.2, 0.25) is 35.4 Å². The summed E-state index contributed by atoms with van der Waals surface area (Å²) in [6, 6.07) is 12.4. The highest BCUT2D eigenvalue weighted by Gasteiger charge is 2.46. The highest BCUT2D eigenvalue weighted by Crippen LogP contribution is 2.36. The molecule has 0 radical (unpaired) electrons. The molecule has 2 aliphatic carbocycles. The van der Waals surface area contributed by atoms with Crippen LogP contribution in [0.2, 0.25) is 0 Å². The third kappa shape index (κ3) is 15.3. The fraction of sp³-hybridized carbons (Fsp3) is 0.613. The Kier molecular flexibility index (Phi) is 22.5. The number of nitrogens with one attached hydrogen (secondary N) is 8. The van der Waals surface area contributed by atoms with Crippen molar-refractivity contribution in [1.82, 2.24) is 56.7 Å². The number of rotatable bonds is 29. The predicted octanol–water partition coefficient (Wildman–Crippen LogP) is 2.13. The first-order valence-corrected chi connectivity index (χ1v) is 31.1. The zero-order valence-electron chi connectivity index (χ0n) is 50.1. The number of likely N-dealkylation sites (tertiary alicyclic amines) is 1. The Morgan fingerprint density at radius 2 is 1.34 bits per heavy atom. The second-order valence-corrected chi connectivity index (χ2v) is 23.5. The Hall–Kier alpha value is -7.12. The van der Waals surface area contributed by atoms with Gasteiger partial charge >= 0.3 is 0 Å². The van der Waals surface area contributed by atoms with Crippen molar-refractivity contribution in [2.45, 2.75) is 171 Å². The van der Waals surface area contributed by atoms with Gasteiger partial charge in [0, 0.05) is 32.1 Å². The number of fused-ring (bicyclic) bond motifs is 2. The Morgan fingerprint density at radius 3 is 2.07 bits per heavy atom. The molecule has 6 amide bonds. The predicted molar refractivity (Wildman–Crippen MR) is 322 cm³/mol. The molecule has 5 aliphatic rings.